The Morgan fingerprint density at radius 3 is 2.41 bits per heavy atom. The summed E-state index contributed by atoms with van der Waals surface area (Å²) in [6.07, 6.45) is 4.10. The van der Waals surface area contributed by atoms with Crippen LogP contribution in [0.15, 0.2) is 0 Å². The highest BCUT2D eigenvalue weighted by molar-refractivity contribution is 5.75. The van der Waals surface area contributed by atoms with E-state index in [1.54, 1.807) is 11.8 Å². The van der Waals surface area contributed by atoms with E-state index in [-0.39, 0.29) is 17.9 Å². The van der Waals surface area contributed by atoms with Crippen molar-refractivity contribution >= 4 is 11.9 Å². The summed E-state index contributed by atoms with van der Waals surface area (Å²) in [5, 5.41) is 0. The molecule has 0 radical (unpaired) electrons. The lowest BCUT2D eigenvalue weighted by Gasteiger charge is -2.35. The maximum Gasteiger partial charge on any atom is 0.412 e. The number of amides is 1. The number of ether oxygens (including phenoxy) is 2. The van der Waals surface area contributed by atoms with Gasteiger partial charge < -0.3 is 14.3 Å². The third kappa shape index (κ3) is 5.95. The first-order valence-electron chi connectivity index (χ1n) is 8.18. The molecule has 0 aromatic carbocycles. The van der Waals surface area contributed by atoms with Crippen molar-refractivity contribution in [1.82, 2.24) is 4.90 Å². The predicted molar refractivity (Wildman–Crippen MR) is 85.7 cm³/mol. The van der Waals surface area contributed by atoms with Gasteiger partial charge in [0, 0.05) is 6.42 Å². The average molecular weight is 313 g/mol. The van der Waals surface area contributed by atoms with E-state index in [1.807, 2.05) is 34.6 Å². The zero-order chi connectivity index (χ0) is 17.0. The molecule has 1 saturated heterocycles. The summed E-state index contributed by atoms with van der Waals surface area (Å²) < 4.78 is 11.3. The van der Waals surface area contributed by atoms with Gasteiger partial charge in [-0.25, -0.2) is 4.79 Å². The van der Waals surface area contributed by atoms with Crippen LogP contribution in [-0.4, -0.2) is 40.8 Å². The van der Waals surface area contributed by atoms with Crippen molar-refractivity contribution < 1.29 is 19.1 Å². The number of nitrogens with zero attached hydrogens (tertiary/aromatic N) is 1. The van der Waals surface area contributed by atoms with Gasteiger partial charge in [0.2, 0.25) is 0 Å². The molecule has 1 fully saturated rings. The van der Waals surface area contributed by atoms with E-state index < -0.39 is 11.3 Å². The van der Waals surface area contributed by atoms with Gasteiger partial charge in [0.25, 0.3) is 0 Å². The van der Waals surface area contributed by atoms with Crippen molar-refractivity contribution in [3.05, 3.63) is 0 Å². The number of Topliss-reactive ketones (excluding diaryl/α,β-unsaturated/α-hetero) is 1. The van der Waals surface area contributed by atoms with E-state index in [9.17, 15) is 9.59 Å². The van der Waals surface area contributed by atoms with Crippen LogP contribution in [-0.2, 0) is 14.3 Å². The number of carbonyl (C=O) groups is 2. The molecule has 5 nitrogen and oxygen atoms in total. The summed E-state index contributed by atoms with van der Waals surface area (Å²) >= 11 is 0. The lowest BCUT2D eigenvalue weighted by molar-refractivity contribution is -0.117. The molecular formula is C17H31NO4. The molecule has 0 saturated carbocycles. The first-order chi connectivity index (χ1) is 10.0. The molecule has 1 unspecified atom stereocenters. The molecule has 1 aliphatic rings. The zero-order valence-corrected chi connectivity index (χ0v) is 14.9. The largest absolute Gasteiger partial charge is 0.444 e. The second-order valence-electron chi connectivity index (χ2n) is 7.56. The van der Waals surface area contributed by atoms with Gasteiger partial charge in [0.1, 0.15) is 17.1 Å². The van der Waals surface area contributed by atoms with Gasteiger partial charge in [-0.15, -0.1) is 0 Å². The maximum absolute atomic E-state index is 12.4. The highest BCUT2D eigenvalue weighted by atomic mass is 16.6. The molecule has 1 heterocycles. The van der Waals surface area contributed by atoms with Crippen LogP contribution >= 0.6 is 0 Å². The number of hydrogen-bond acceptors (Lipinski definition) is 4. The average Bonchev–Trinajstić information content (AvgIpc) is 2.61. The van der Waals surface area contributed by atoms with Crippen molar-refractivity contribution in [2.24, 2.45) is 0 Å². The molecule has 0 spiro atoms. The van der Waals surface area contributed by atoms with E-state index in [4.69, 9.17) is 9.47 Å². The van der Waals surface area contributed by atoms with Gasteiger partial charge in [-0.05, 0) is 54.4 Å². The quantitative estimate of drug-likeness (QED) is 0.698. The molecule has 1 aliphatic heterocycles. The third-order valence-electron chi connectivity index (χ3n) is 3.73. The third-order valence-corrected chi connectivity index (χ3v) is 3.73. The Morgan fingerprint density at radius 1 is 1.23 bits per heavy atom. The maximum atomic E-state index is 12.4. The van der Waals surface area contributed by atoms with Crippen molar-refractivity contribution in [3.8, 4) is 0 Å². The summed E-state index contributed by atoms with van der Waals surface area (Å²) in [6, 6.07) is 0.0437. The van der Waals surface area contributed by atoms with Gasteiger partial charge in [-0.2, -0.15) is 0 Å². The normalized spacial score (nSPS) is 21.0. The van der Waals surface area contributed by atoms with Crippen LogP contribution in [0, 0.1) is 0 Å². The molecular weight excluding hydrogens is 282 g/mol. The fraction of sp³-hybridized carbons (Fsp3) is 0.882. The van der Waals surface area contributed by atoms with Crippen molar-refractivity contribution in [3.63, 3.8) is 0 Å². The van der Waals surface area contributed by atoms with Crippen LogP contribution in [0.3, 0.4) is 0 Å². The monoisotopic (exact) mass is 313 g/mol. The molecule has 128 valence electrons. The van der Waals surface area contributed by atoms with Crippen LogP contribution in [0.5, 0.6) is 0 Å². The summed E-state index contributed by atoms with van der Waals surface area (Å²) in [4.78, 5) is 25.1. The molecule has 1 rings (SSSR count). The Kier molecular flexibility index (Phi) is 6.41. The lowest BCUT2D eigenvalue weighted by Crippen LogP contribution is -2.49. The number of rotatable bonds is 6. The summed E-state index contributed by atoms with van der Waals surface area (Å²) in [7, 11) is 0. The fourth-order valence-electron chi connectivity index (χ4n) is 2.71. The molecule has 0 bridgehead atoms. The summed E-state index contributed by atoms with van der Waals surface area (Å²) in [5.74, 6) is 0.237. The number of carbonyl (C=O) groups excluding carboxylic acids is 2. The number of ketones is 1. The summed E-state index contributed by atoms with van der Waals surface area (Å²) in [5.41, 5.74) is -1.14. The van der Waals surface area contributed by atoms with Crippen LogP contribution in [0.4, 0.5) is 4.79 Å². The van der Waals surface area contributed by atoms with Gasteiger partial charge in [-0.3, -0.25) is 4.90 Å². The molecule has 0 aliphatic carbocycles. The van der Waals surface area contributed by atoms with Gasteiger partial charge in [-0.1, -0.05) is 12.8 Å². The van der Waals surface area contributed by atoms with Crippen LogP contribution in [0.25, 0.3) is 0 Å². The SMILES string of the molecule is CC(=O)CCCCCC1COC(C)(C)N1C(=O)OC(C)(C)C. The van der Waals surface area contributed by atoms with Crippen molar-refractivity contribution in [2.75, 3.05) is 6.61 Å². The minimum Gasteiger partial charge on any atom is -0.444 e. The Hall–Kier alpha value is -1.10. The van der Waals surface area contributed by atoms with Crippen LogP contribution < -0.4 is 0 Å². The molecule has 0 aromatic rings. The summed E-state index contributed by atoms with van der Waals surface area (Å²) in [6.45, 7) is 11.6. The van der Waals surface area contributed by atoms with Gasteiger partial charge in [0.15, 0.2) is 0 Å². The molecule has 0 aromatic heterocycles. The van der Waals surface area contributed by atoms with E-state index in [1.165, 1.54) is 0 Å². The minimum atomic E-state index is -0.633. The van der Waals surface area contributed by atoms with Gasteiger partial charge in [0.05, 0.1) is 12.6 Å². The standard InChI is InChI=1S/C17H31NO4/c1-13(19)10-8-7-9-11-14-12-21-17(5,6)18(14)15(20)22-16(2,3)4/h14H,7-12H2,1-6H3. The van der Waals surface area contributed by atoms with Crippen LogP contribution in [0.1, 0.15) is 73.6 Å². The lowest BCUT2D eigenvalue weighted by atomic mass is 10.1. The Balaban J connectivity index is 2.54. The zero-order valence-electron chi connectivity index (χ0n) is 14.9. The smallest absolute Gasteiger partial charge is 0.412 e. The van der Waals surface area contributed by atoms with Crippen molar-refractivity contribution in [2.45, 2.75) is 91.0 Å². The second-order valence-corrected chi connectivity index (χ2v) is 7.56. The first-order valence-corrected chi connectivity index (χ1v) is 8.18. The molecule has 1 amide bonds. The highest BCUT2D eigenvalue weighted by Crippen LogP contribution is 2.31. The highest BCUT2D eigenvalue weighted by Gasteiger charge is 2.45. The van der Waals surface area contributed by atoms with Crippen LogP contribution in [0.2, 0.25) is 0 Å². The van der Waals surface area contributed by atoms with E-state index in [0.717, 1.165) is 25.7 Å². The Bertz CT molecular complexity index is 398. The molecule has 22 heavy (non-hydrogen) atoms. The Labute approximate surface area is 134 Å². The first kappa shape index (κ1) is 18.9. The molecule has 1 atom stereocenters. The van der Waals surface area contributed by atoms with E-state index >= 15 is 0 Å². The molecule has 5 heteroatoms. The van der Waals surface area contributed by atoms with Crippen molar-refractivity contribution in [1.29, 1.82) is 0 Å². The number of unbranched alkanes of at least 4 members (excludes halogenated alkanes) is 2. The molecule has 0 N–H and O–H groups in total. The fourth-order valence-corrected chi connectivity index (χ4v) is 2.71. The Morgan fingerprint density at radius 2 is 1.86 bits per heavy atom. The second kappa shape index (κ2) is 7.44. The predicted octanol–water partition coefficient (Wildman–Crippen LogP) is 3.90. The minimum absolute atomic E-state index is 0.0437. The van der Waals surface area contributed by atoms with E-state index in [0.29, 0.717) is 13.0 Å². The topological polar surface area (TPSA) is 55.8 Å². The van der Waals surface area contributed by atoms with Gasteiger partial charge >= 0.3 is 6.09 Å². The van der Waals surface area contributed by atoms with E-state index in [2.05, 4.69) is 0 Å². The number of hydrogen-bond donors (Lipinski definition) is 0.